The first-order chi connectivity index (χ1) is 10.2. The van der Waals surface area contributed by atoms with E-state index in [1.807, 2.05) is 18.4 Å². The van der Waals surface area contributed by atoms with Crippen LogP contribution in [0.15, 0.2) is 41.8 Å². The molecule has 0 aliphatic heterocycles. The van der Waals surface area contributed by atoms with Gasteiger partial charge in [0, 0.05) is 23.3 Å². The summed E-state index contributed by atoms with van der Waals surface area (Å²) in [4.78, 5) is 24.5. The van der Waals surface area contributed by atoms with Gasteiger partial charge in [-0.05, 0) is 48.6 Å². The van der Waals surface area contributed by atoms with Crippen LogP contribution in [-0.2, 0) is 11.2 Å². The smallest absolute Gasteiger partial charge is 0.311 e. The highest BCUT2D eigenvalue weighted by Crippen LogP contribution is 2.16. The highest BCUT2D eigenvalue weighted by molar-refractivity contribution is 7.09. The monoisotopic (exact) mass is 302 g/mol. The molecule has 0 saturated heterocycles. The molecule has 0 fully saturated rings. The van der Waals surface area contributed by atoms with Gasteiger partial charge in [0.2, 0.25) is 0 Å². The maximum absolute atomic E-state index is 11.7. The zero-order chi connectivity index (χ0) is 15.1. The van der Waals surface area contributed by atoms with Gasteiger partial charge in [0.15, 0.2) is 5.78 Å². The molecule has 1 aromatic heterocycles. The van der Waals surface area contributed by atoms with Crippen LogP contribution in [0.4, 0.5) is 0 Å². The van der Waals surface area contributed by atoms with Gasteiger partial charge in [-0.25, -0.2) is 0 Å². The highest BCUT2D eigenvalue weighted by atomic mass is 32.1. The maximum atomic E-state index is 11.7. The average molecular weight is 302 g/mol. The van der Waals surface area contributed by atoms with Gasteiger partial charge in [-0.3, -0.25) is 9.59 Å². The van der Waals surface area contributed by atoms with Gasteiger partial charge in [-0.1, -0.05) is 13.0 Å². The van der Waals surface area contributed by atoms with Crippen molar-refractivity contribution in [3.63, 3.8) is 0 Å². The van der Waals surface area contributed by atoms with E-state index in [2.05, 4.69) is 6.07 Å². The lowest BCUT2D eigenvalue weighted by atomic mass is 10.1. The molecule has 110 valence electrons. The van der Waals surface area contributed by atoms with Gasteiger partial charge < -0.3 is 4.74 Å². The molecule has 21 heavy (non-hydrogen) atoms. The van der Waals surface area contributed by atoms with Gasteiger partial charge in [0.1, 0.15) is 5.75 Å². The van der Waals surface area contributed by atoms with Crippen molar-refractivity contribution in [2.45, 2.75) is 32.6 Å². The number of ketones is 1. The van der Waals surface area contributed by atoms with Crippen molar-refractivity contribution in [3.8, 4) is 5.75 Å². The van der Waals surface area contributed by atoms with Gasteiger partial charge in [-0.2, -0.15) is 0 Å². The van der Waals surface area contributed by atoms with E-state index in [4.69, 9.17) is 4.74 Å². The molecule has 0 N–H and O–H groups in total. The summed E-state index contributed by atoms with van der Waals surface area (Å²) in [5.41, 5.74) is 0.648. The summed E-state index contributed by atoms with van der Waals surface area (Å²) in [5, 5.41) is 2.03. The van der Waals surface area contributed by atoms with Crippen molar-refractivity contribution in [1.29, 1.82) is 0 Å². The molecule has 3 nitrogen and oxygen atoms in total. The molecule has 0 atom stereocenters. The van der Waals surface area contributed by atoms with Crippen LogP contribution in [0.25, 0.3) is 0 Å². The number of rotatable bonds is 7. The molecule has 1 aromatic carbocycles. The van der Waals surface area contributed by atoms with Crippen LogP contribution in [0.5, 0.6) is 5.75 Å². The van der Waals surface area contributed by atoms with Gasteiger partial charge in [-0.15, -0.1) is 11.3 Å². The van der Waals surface area contributed by atoms with Crippen LogP contribution in [0.3, 0.4) is 0 Å². The molecule has 0 unspecified atom stereocenters. The Labute approximate surface area is 128 Å². The third-order valence-corrected chi connectivity index (χ3v) is 4.05. The molecular weight excluding hydrogens is 284 g/mol. The van der Waals surface area contributed by atoms with E-state index < -0.39 is 0 Å². The van der Waals surface area contributed by atoms with E-state index >= 15 is 0 Å². The minimum Gasteiger partial charge on any atom is -0.427 e. The van der Waals surface area contributed by atoms with Crippen LogP contribution in [0.2, 0.25) is 0 Å². The summed E-state index contributed by atoms with van der Waals surface area (Å²) in [6.45, 7) is 1.82. The van der Waals surface area contributed by atoms with Gasteiger partial charge >= 0.3 is 5.97 Å². The lowest BCUT2D eigenvalue weighted by molar-refractivity contribution is -0.134. The third kappa shape index (κ3) is 4.83. The number of hydrogen-bond donors (Lipinski definition) is 0. The number of carbonyl (C=O) groups is 2. The SMILES string of the molecule is CCC(=O)c1ccc(OC(=O)CCCc2cccs2)cc1. The molecule has 0 aliphatic carbocycles. The first-order valence-electron chi connectivity index (χ1n) is 7.05. The van der Waals surface area contributed by atoms with E-state index in [0.29, 0.717) is 24.2 Å². The third-order valence-electron chi connectivity index (χ3n) is 3.11. The summed E-state index contributed by atoms with van der Waals surface area (Å²) >= 11 is 1.70. The minimum atomic E-state index is -0.235. The van der Waals surface area contributed by atoms with Crippen molar-refractivity contribution < 1.29 is 14.3 Å². The molecule has 0 amide bonds. The van der Waals surface area contributed by atoms with Crippen molar-refractivity contribution >= 4 is 23.1 Å². The largest absolute Gasteiger partial charge is 0.427 e. The van der Waals surface area contributed by atoms with E-state index in [0.717, 1.165) is 12.8 Å². The first kappa shape index (κ1) is 15.4. The number of Topliss-reactive ketones (excluding diaryl/α,β-unsaturated/α-hetero) is 1. The van der Waals surface area contributed by atoms with Crippen LogP contribution in [-0.4, -0.2) is 11.8 Å². The summed E-state index contributed by atoms with van der Waals surface area (Å²) in [6.07, 6.45) is 2.55. The molecule has 2 aromatic rings. The van der Waals surface area contributed by atoms with Crippen molar-refractivity contribution in [2.75, 3.05) is 0 Å². The summed E-state index contributed by atoms with van der Waals surface area (Å²) in [6, 6.07) is 10.8. The van der Waals surface area contributed by atoms with Crippen molar-refractivity contribution in [2.24, 2.45) is 0 Å². The predicted molar refractivity (Wildman–Crippen MR) is 84.0 cm³/mol. The molecule has 0 bridgehead atoms. The summed E-state index contributed by atoms with van der Waals surface area (Å²) < 4.78 is 5.26. The first-order valence-corrected chi connectivity index (χ1v) is 7.93. The van der Waals surface area contributed by atoms with Gasteiger partial charge in [0.25, 0.3) is 0 Å². The zero-order valence-electron chi connectivity index (χ0n) is 12.0. The Balaban J connectivity index is 1.78. The molecule has 4 heteroatoms. The van der Waals surface area contributed by atoms with Crippen LogP contribution in [0, 0.1) is 0 Å². The quantitative estimate of drug-likeness (QED) is 0.436. The van der Waals surface area contributed by atoms with Gasteiger partial charge in [0.05, 0.1) is 0 Å². The average Bonchev–Trinajstić information content (AvgIpc) is 3.00. The lowest BCUT2D eigenvalue weighted by Gasteiger charge is -2.05. The number of esters is 1. The Hall–Kier alpha value is -1.94. The van der Waals surface area contributed by atoms with Crippen molar-refractivity contribution in [1.82, 2.24) is 0 Å². The normalized spacial score (nSPS) is 10.3. The second-order valence-electron chi connectivity index (χ2n) is 4.71. The van der Waals surface area contributed by atoms with E-state index in [-0.39, 0.29) is 11.8 Å². The molecule has 0 radical (unpaired) electrons. The highest BCUT2D eigenvalue weighted by Gasteiger charge is 2.07. The lowest BCUT2D eigenvalue weighted by Crippen LogP contribution is -2.08. The minimum absolute atomic E-state index is 0.0869. The number of hydrogen-bond acceptors (Lipinski definition) is 4. The molecule has 1 heterocycles. The topological polar surface area (TPSA) is 43.4 Å². The predicted octanol–water partition coefficient (Wildman–Crippen LogP) is 4.27. The summed E-state index contributed by atoms with van der Waals surface area (Å²) in [7, 11) is 0. The van der Waals surface area contributed by atoms with Crippen molar-refractivity contribution in [3.05, 3.63) is 52.2 Å². The number of carbonyl (C=O) groups excluding carboxylic acids is 2. The number of thiophene rings is 1. The molecule has 0 saturated carbocycles. The van der Waals surface area contributed by atoms with Crippen LogP contribution >= 0.6 is 11.3 Å². The van der Waals surface area contributed by atoms with E-state index in [1.165, 1.54) is 4.88 Å². The number of benzene rings is 1. The molecule has 0 aliphatic rings. The Morgan fingerprint density at radius 2 is 1.90 bits per heavy atom. The van der Waals surface area contributed by atoms with E-state index in [1.54, 1.807) is 35.6 Å². The number of aryl methyl sites for hydroxylation is 1. The Morgan fingerprint density at radius 1 is 1.14 bits per heavy atom. The maximum Gasteiger partial charge on any atom is 0.311 e. The zero-order valence-corrected chi connectivity index (χ0v) is 12.8. The molecule has 0 spiro atoms. The Bertz CT molecular complexity index is 585. The Morgan fingerprint density at radius 3 is 2.52 bits per heavy atom. The molecular formula is C17H18O3S. The fourth-order valence-electron chi connectivity index (χ4n) is 1.96. The second-order valence-corrected chi connectivity index (χ2v) is 5.74. The fraction of sp³-hybridized carbons (Fsp3) is 0.294. The Kier molecular flexibility index (Phi) is 5.69. The fourth-order valence-corrected chi connectivity index (χ4v) is 2.71. The number of ether oxygens (including phenoxy) is 1. The second kappa shape index (κ2) is 7.74. The summed E-state index contributed by atoms with van der Waals surface area (Å²) in [5.74, 6) is 0.341. The van der Waals surface area contributed by atoms with Crippen LogP contribution in [0.1, 0.15) is 41.4 Å². The molecule has 2 rings (SSSR count). The van der Waals surface area contributed by atoms with Crippen LogP contribution < -0.4 is 4.74 Å². The van der Waals surface area contributed by atoms with E-state index in [9.17, 15) is 9.59 Å². The standard InChI is InChI=1S/C17H18O3S/c1-2-16(18)13-8-10-14(11-9-13)20-17(19)7-3-5-15-6-4-12-21-15/h4,6,8-12H,2-3,5,7H2,1H3.